The van der Waals surface area contributed by atoms with E-state index in [0.717, 1.165) is 22.3 Å². The maximum atomic E-state index is 11.7. The van der Waals surface area contributed by atoms with Crippen molar-refractivity contribution in [1.29, 1.82) is 0 Å². The van der Waals surface area contributed by atoms with Crippen molar-refractivity contribution in [3.8, 4) is 22.8 Å². The SMILES string of the molecule is COC=C(C(=O)O)c1cccc2c(C)c(-c3cccc(Oc4ccccc4)c3)oc12. The molecule has 0 spiro atoms. The molecule has 5 nitrogen and oxygen atoms in total. The van der Waals surface area contributed by atoms with Crippen molar-refractivity contribution in [2.24, 2.45) is 0 Å². The molecule has 0 unspecified atom stereocenters. The molecule has 150 valence electrons. The largest absolute Gasteiger partial charge is 0.503 e. The molecular formula is C25H20O5. The highest BCUT2D eigenvalue weighted by molar-refractivity contribution is 6.18. The number of para-hydroxylation sites is 2. The molecule has 3 aromatic carbocycles. The standard InChI is InChI=1S/C25H20O5/c1-16-20-12-7-13-21(22(15-28-2)25(26)27)24(20)30-23(16)17-8-6-11-19(14-17)29-18-9-4-3-5-10-18/h3-15H,1-2H3,(H,26,27). The van der Waals surface area contributed by atoms with Gasteiger partial charge in [0.2, 0.25) is 0 Å². The van der Waals surface area contributed by atoms with E-state index in [1.165, 1.54) is 13.4 Å². The maximum Gasteiger partial charge on any atom is 0.339 e. The molecule has 0 amide bonds. The summed E-state index contributed by atoms with van der Waals surface area (Å²) in [7, 11) is 1.42. The molecule has 5 heteroatoms. The van der Waals surface area contributed by atoms with Gasteiger partial charge in [-0.3, -0.25) is 0 Å². The van der Waals surface area contributed by atoms with E-state index in [1.807, 2.05) is 73.7 Å². The van der Waals surface area contributed by atoms with E-state index in [-0.39, 0.29) is 5.57 Å². The molecular weight excluding hydrogens is 380 g/mol. The number of furan rings is 1. The molecule has 0 bridgehead atoms. The molecule has 0 radical (unpaired) electrons. The molecule has 0 saturated carbocycles. The van der Waals surface area contributed by atoms with E-state index in [2.05, 4.69) is 0 Å². The van der Waals surface area contributed by atoms with Crippen LogP contribution >= 0.6 is 0 Å². The minimum Gasteiger partial charge on any atom is -0.503 e. The predicted octanol–water partition coefficient (Wildman–Crippen LogP) is 6.27. The van der Waals surface area contributed by atoms with Crippen LogP contribution in [0.4, 0.5) is 0 Å². The second kappa shape index (κ2) is 8.17. The quantitative estimate of drug-likeness (QED) is 0.305. The normalized spacial score (nSPS) is 11.5. The van der Waals surface area contributed by atoms with Crippen LogP contribution in [-0.4, -0.2) is 18.2 Å². The van der Waals surface area contributed by atoms with Crippen LogP contribution in [-0.2, 0) is 9.53 Å². The van der Waals surface area contributed by atoms with Crippen LogP contribution in [0.15, 0.2) is 83.5 Å². The number of benzene rings is 3. The van der Waals surface area contributed by atoms with Crippen LogP contribution in [0.25, 0.3) is 27.9 Å². The minimum atomic E-state index is -1.08. The Kier molecular flexibility index (Phi) is 5.26. The molecule has 0 aliphatic heterocycles. The van der Waals surface area contributed by atoms with Crippen molar-refractivity contribution in [2.45, 2.75) is 6.92 Å². The van der Waals surface area contributed by atoms with Crippen LogP contribution in [0.3, 0.4) is 0 Å². The molecule has 1 heterocycles. The lowest BCUT2D eigenvalue weighted by Crippen LogP contribution is -2.00. The minimum absolute atomic E-state index is 0.0320. The molecule has 4 rings (SSSR count). The van der Waals surface area contributed by atoms with Gasteiger partial charge in [0.05, 0.1) is 13.4 Å². The van der Waals surface area contributed by atoms with E-state index in [4.69, 9.17) is 13.9 Å². The highest BCUT2D eigenvalue weighted by Crippen LogP contribution is 2.38. The van der Waals surface area contributed by atoms with Gasteiger partial charge in [0.1, 0.15) is 28.4 Å². The number of rotatable bonds is 6. The Morgan fingerprint density at radius 1 is 0.967 bits per heavy atom. The van der Waals surface area contributed by atoms with E-state index in [0.29, 0.717) is 22.7 Å². The number of methoxy groups -OCH3 is 1. The molecule has 1 N–H and O–H groups in total. The molecule has 0 saturated heterocycles. The average Bonchev–Trinajstić information content (AvgIpc) is 3.10. The van der Waals surface area contributed by atoms with Crippen molar-refractivity contribution in [3.63, 3.8) is 0 Å². The first-order chi connectivity index (χ1) is 14.6. The van der Waals surface area contributed by atoms with Crippen molar-refractivity contribution in [2.75, 3.05) is 7.11 Å². The lowest BCUT2D eigenvalue weighted by Gasteiger charge is -2.07. The van der Waals surface area contributed by atoms with E-state index in [9.17, 15) is 9.90 Å². The number of carbonyl (C=O) groups is 1. The zero-order valence-electron chi connectivity index (χ0n) is 16.6. The van der Waals surface area contributed by atoms with Gasteiger partial charge in [-0.25, -0.2) is 4.79 Å². The third-order valence-electron chi connectivity index (χ3n) is 4.80. The van der Waals surface area contributed by atoms with Gasteiger partial charge < -0.3 is 19.0 Å². The number of carboxylic acids is 1. The van der Waals surface area contributed by atoms with Crippen molar-refractivity contribution >= 4 is 22.5 Å². The van der Waals surface area contributed by atoms with Crippen LogP contribution in [0.2, 0.25) is 0 Å². The first kappa shape index (κ1) is 19.3. The summed E-state index contributed by atoms with van der Waals surface area (Å²) < 4.78 is 17.1. The second-order valence-electron chi connectivity index (χ2n) is 6.75. The summed E-state index contributed by atoms with van der Waals surface area (Å²) in [5, 5.41) is 10.4. The van der Waals surface area contributed by atoms with Crippen molar-refractivity contribution in [3.05, 3.63) is 90.2 Å². The number of hydrogen-bond donors (Lipinski definition) is 1. The highest BCUT2D eigenvalue weighted by atomic mass is 16.5. The zero-order chi connectivity index (χ0) is 21.1. The smallest absolute Gasteiger partial charge is 0.339 e. The van der Waals surface area contributed by atoms with Gasteiger partial charge in [-0.1, -0.05) is 48.5 Å². The molecule has 0 aliphatic carbocycles. The summed E-state index contributed by atoms with van der Waals surface area (Å²) >= 11 is 0. The van der Waals surface area contributed by atoms with Gasteiger partial charge in [0.15, 0.2) is 0 Å². The fraction of sp³-hybridized carbons (Fsp3) is 0.0800. The summed E-state index contributed by atoms with van der Waals surface area (Å²) in [6.45, 7) is 1.95. The Labute approximate surface area is 173 Å². The summed E-state index contributed by atoms with van der Waals surface area (Å²) in [5.74, 6) is 1.01. The Balaban J connectivity index is 1.80. The Morgan fingerprint density at radius 3 is 2.43 bits per heavy atom. The van der Waals surface area contributed by atoms with Gasteiger partial charge in [0, 0.05) is 22.1 Å². The summed E-state index contributed by atoms with van der Waals surface area (Å²) in [6, 6.07) is 22.6. The molecule has 30 heavy (non-hydrogen) atoms. The second-order valence-corrected chi connectivity index (χ2v) is 6.75. The summed E-state index contributed by atoms with van der Waals surface area (Å²) in [5.41, 5.74) is 2.77. The number of fused-ring (bicyclic) bond motifs is 1. The number of carboxylic acid groups (broad SMARTS) is 1. The van der Waals surface area contributed by atoms with E-state index in [1.54, 1.807) is 6.07 Å². The van der Waals surface area contributed by atoms with Crippen molar-refractivity contribution < 1.29 is 23.8 Å². The maximum absolute atomic E-state index is 11.7. The van der Waals surface area contributed by atoms with Crippen LogP contribution < -0.4 is 4.74 Å². The lowest BCUT2D eigenvalue weighted by molar-refractivity contribution is -0.130. The van der Waals surface area contributed by atoms with Crippen LogP contribution in [0, 0.1) is 6.92 Å². The summed E-state index contributed by atoms with van der Waals surface area (Å²) in [4.78, 5) is 11.7. The van der Waals surface area contributed by atoms with Gasteiger partial charge in [-0.15, -0.1) is 0 Å². The zero-order valence-corrected chi connectivity index (χ0v) is 16.6. The monoisotopic (exact) mass is 400 g/mol. The molecule has 1 aromatic heterocycles. The third kappa shape index (κ3) is 3.65. The third-order valence-corrected chi connectivity index (χ3v) is 4.80. The summed E-state index contributed by atoms with van der Waals surface area (Å²) in [6.07, 6.45) is 1.21. The number of hydrogen-bond acceptors (Lipinski definition) is 4. The molecule has 4 aromatic rings. The van der Waals surface area contributed by atoms with Crippen LogP contribution in [0.1, 0.15) is 11.1 Å². The average molecular weight is 400 g/mol. The predicted molar refractivity (Wildman–Crippen MR) is 116 cm³/mol. The lowest BCUT2D eigenvalue weighted by atomic mass is 10.0. The fourth-order valence-electron chi connectivity index (χ4n) is 3.40. The van der Waals surface area contributed by atoms with Gasteiger partial charge in [-0.05, 0) is 31.2 Å². The number of ether oxygens (including phenoxy) is 2. The van der Waals surface area contributed by atoms with Gasteiger partial charge in [-0.2, -0.15) is 0 Å². The Hall–Kier alpha value is -3.99. The van der Waals surface area contributed by atoms with Crippen LogP contribution in [0.5, 0.6) is 11.5 Å². The molecule has 0 fully saturated rings. The number of aryl methyl sites for hydroxylation is 1. The number of aliphatic carboxylic acids is 1. The van der Waals surface area contributed by atoms with Gasteiger partial charge in [0.25, 0.3) is 0 Å². The molecule has 0 atom stereocenters. The Morgan fingerprint density at radius 2 is 1.70 bits per heavy atom. The first-order valence-corrected chi connectivity index (χ1v) is 9.40. The van der Waals surface area contributed by atoms with Gasteiger partial charge >= 0.3 is 5.97 Å². The molecule has 0 aliphatic rings. The fourth-order valence-corrected chi connectivity index (χ4v) is 3.40. The van der Waals surface area contributed by atoms with Crippen molar-refractivity contribution in [1.82, 2.24) is 0 Å². The highest BCUT2D eigenvalue weighted by Gasteiger charge is 2.20. The van der Waals surface area contributed by atoms with E-state index < -0.39 is 5.97 Å². The Bertz CT molecular complexity index is 1240. The van der Waals surface area contributed by atoms with E-state index >= 15 is 0 Å². The first-order valence-electron chi connectivity index (χ1n) is 9.40. The topological polar surface area (TPSA) is 68.9 Å².